The van der Waals surface area contributed by atoms with Crippen molar-refractivity contribution in [2.75, 3.05) is 19.6 Å². The van der Waals surface area contributed by atoms with E-state index in [0.29, 0.717) is 13.0 Å². The van der Waals surface area contributed by atoms with E-state index >= 15 is 0 Å². The number of hydrogen-bond acceptors (Lipinski definition) is 4. The summed E-state index contributed by atoms with van der Waals surface area (Å²) in [5, 5.41) is 8.20. The van der Waals surface area contributed by atoms with Gasteiger partial charge >= 0.3 is 6.03 Å². The van der Waals surface area contributed by atoms with Gasteiger partial charge in [0.05, 0.1) is 12.6 Å². The predicted octanol–water partition coefficient (Wildman–Crippen LogP) is -0.671. The number of imide groups is 1. The molecule has 3 N–H and O–H groups in total. The van der Waals surface area contributed by atoms with Crippen molar-refractivity contribution in [3.8, 4) is 0 Å². The van der Waals surface area contributed by atoms with Crippen LogP contribution in [-0.2, 0) is 9.59 Å². The molecule has 1 spiro atoms. The van der Waals surface area contributed by atoms with Crippen LogP contribution < -0.4 is 16.0 Å². The first-order valence-corrected chi connectivity index (χ1v) is 7.26. The van der Waals surface area contributed by atoms with Crippen molar-refractivity contribution in [2.24, 2.45) is 0 Å². The van der Waals surface area contributed by atoms with Crippen molar-refractivity contribution in [1.82, 2.24) is 20.9 Å². The number of carbonyl (C=O) groups excluding carboxylic acids is 3. The summed E-state index contributed by atoms with van der Waals surface area (Å²) in [6, 6.07) is -0.598. The van der Waals surface area contributed by atoms with E-state index in [2.05, 4.69) is 16.0 Å². The monoisotopic (exact) mass is 280 g/mol. The van der Waals surface area contributed by atoms with Crippen molar-refractivity contribution in [2.45, 2.75) is 43.7 Å². The lowest BCUT2D eigenvalue weighted by atomic mass is 9.88. The number of nitrogens with zero attached hydrogens (tertiary/aromatic N) is 1. The number of nitrogens with one attached hydrogen (secondary N) is 3. The average Bonchev–Trinajstić information content (AvgIpc) is 2.73. The van der Waals surface area contributed by atoms with Crippen molar-refractivity contribution in [3.63, 3.8) is 0 Å². The molecule has 7 heteroatoms. The highest BCUT2D eigenvalue weighted by molar-refractivity contribution is 6.07. The molecule has 3 saturated heterocycles. The van der Waals surface area contributed by atoms with Crippen LogP contribution in [0.25, 0.3) is 0 Å². The van der Waals surface area contributed by atoms with E-state index < -0.39 is 11.6 Å². The molecule has 3 aliphatic heterocycles. The van der Waals surface area contributed by atoms with E-state index in [1.54, 1.807) is 4.90 Å². The molecule has 1 unspecified atom stereocenters. The smallest absolute Gasteiger partial charge is 0.322 e. The molecule has 0 saturated carbocycles. The zero-order valence-corrected chi connectivity index (χ0v) is 11.4. The fraction of sp³-hybridized carbons (Fsp3) is 0.769. The van der Waals surface area contributed by atoms with Crippen molar-refractivity contribution >= 4 is 17.8 Å². The lowest BCUT2D eigenvalue weighted by molar-refractivity contribution is -0.138. The molecule has 0 bridgehead atoms. The standard InChI is InChI=1S/C13H20N4O3/c18-10(9-4-1-2-6-14-9)17-7-3-5-13(8-17)11(19)15-12(20)16-13/h9,14H,1-8H2,(H2,15,16,19,20)/t9-,13?/m1/s1. The summed E-state index contributed by atoms with van der Waals surface area (Å²) in [6.45, 7) is 1.80. The maximum absolute atomic E-state index is 12.5. The minimum Gasteiger partial charge on any atom is -0.338 e. The average molecular weight is 280 g/mol. The highest BCUT2D eigenvalue weighted by Gasteiger charge is 2.49. The molecule has 7 nitrogen and oxygen atoms in total. The van der Waals surface area contributed by atoms with Crippen LogP contribution in [0.4, 0.5) is 4.79 Å². The SMILES string of the molecule is O=C1NC(=O)C2(CCCN(C(=O)[C@H]3CCCCN3)C2)N1. The summed E-state index contributed by atoms with van der Waals surface area (Å²) in [6.07, 6.45) is 4.32. The molecule has 2 atom stereocenters. The van der Waals surface area contributed by atoms with Gasteiger partial charge in [-0.25, -0.2) is 4.79 Å². The van der Waals surface area contributed by atoms with Crippen LogP contribution >= 0.6 is 0 Å². The second kappa shape index (κ2) is 5.05. The second-order valence-electron chi connectivity index (χ2n) is 5.86. The van der Waals surface area contributed by atoms with Gasteiger partial charge in [-0.2, -0.15) is 0 Å². The van der Waals surface area contributed by atoms with Gasteiger partial charge in [-0.15, -0.1) is 0 Å². The normalized spacial score (nSPS) is 34.0. The molecule has 3 heterocycles. The molecule has 20 heavy (non-hydrogen) atoms. The van der Waals surface area contributed by atoms with Crippen molar-refractivity contribution in [1.29, 1.82) is 0 Å². The van der Waals surface area contributed by atoms with Crippen LogP contribution in [0.1, 0.15) is 32.1 Å². The lowest BCUT2D eigenvalue weighted by Gasteiger charge is -2.40. The summed E-state index contributed by atoms with van der Waals surface area (Å²) in [4.78, 5) is 37.5. The Hall–Kier alpha value is -1.63. The Bertz CT molecular complexity index is 447. The van der Waals surface area contributed by atoms with E-state index in [1.165, 1.54) is 0 Å². The van der Waals surface area contributed by atoms with E-state index in [9.17, 15) is 14.4 Å². The molecule has 0 aliphatic carbocycles. The van der Waals surface area contributed by atoms with Crippen LogP contribution in [0.2, 0.25) is 0 Å². The third kappa shape index (κ3) is 2.26. The number of amides is 4. The highest BCUT2D eigenvalue weighted by atomic mass is 16.2. The Balaban J connectivity index is 1.70. The largest absolute Gasteiger partial charge is 0.338 e. The first-order valence-electron chi connectivity index (χ1n) is 7.26. The zero-order valence-electron chi connectivity index (χ0n) is 11.4. The van der Waals surface area contributed by atoms with Crippen LogP contribution in [-0.4, -0.2) is 54.0 Å². The van der Waals surface area contributed by atoms with Crippen molar-refractivity contribution < 1.29 is 14.4 Å². The topological polar surface area (TPSA) is 90.5 Å². The van der Waals surface area contributed by atoms with Gasteiger partial charge in [0.25, 0.3) is 5.91 Å². The van der Waals surface area contributed by atoms with E-state index in [0.717, 1.165) is 32.2 Å². The maximum Gasteiger partial charge on any atom is 0.322 e. The molecule has 0 aromatic carbocycles. The van der Waals surface area contributed by atoms with Crippen LogP contribution in [0.15, 0.2) is 0 Å². The van der Waals surface area contributed by atoms with Crippen LogP contribution in [0.3, 0.4) is 0 Å². The highest BCUT2D eigenvalue weighted by Crippen LogP contribution is 2.25. The van der Waals surface area contributed by atoms with Gasteiger partial charge in [0.2, 0.25) is 5.91 Å². The Morgan fingerprint density at radius 2 is 2.10 bits per heavy atom. The quantitative estimate of drug-likeness (QED) is 0.556. The molecule has 3 fully saturated rings. The Morgan fingerprint density at radius 1 is 1.25 bits per heavy atom. The molecule has 4 amide bonds. The minimum absolute atomic E-state index is 0.0534. The summed E-state index contributed by atoms with van der Waals surface area (Å²) >= 11 is 0. The summed E-state index contributed by atoms with van der Waals surface area (Å²) in [5.74, 6) is -0.255. The number of urea groups is 1. The van der Waals surface area contributed by atoms with Crippen LogP contribution in [0, 0.1) is 0 Å². The number of piperidine rings is 2. The summed E-state index contributed by atoms with van der Waals surface area (Å²) in [5.41, 5.74) is -0.917. The molecule has 110 valence electrons. The molecule has 3 aliphatic rings. The third-order valence-corrected chi connectivity index (χ3v) is 4.43. The molecule has 0 aromatic rings. The van der Waals surface area contributed by atoms with E-state index in [4.69, 9.17) is 0 Å². The van der Waals surface area contributed by atoms with Gasteiger partial charge in [-0.1, -0.05) is 6.42 Å². The second-order valence-corrected chi connectivity index (χ2v) is 5.86. The third-order valence-electron chi connectivity index (χ3n) is 4.43. The van der Waals surface area contributed by atoms with Gasteiger partial charge in [-0.3, -0.25) is 14.9 Å². The van der Waals surface area contributed by atoms with Gasteiger partial charge in [-0.05, 0) is 32.2 Å². The minimum atomic E-state index is -0.917. The zero-order chi connectivity index (χ0) is 14.2. The fourth-order valence-corrected chi connectivity index (χ4v) is 3.34. The number of rotatable bonds is 1. The lowest BCUT2D eigenvalue weighted by Crippen LogP contribution is -2.62. The fourth-order valence-electron chi connectivity index (χ4n) is 3.34. The van der Waals surface area contributed by atoms with Crippen LogP contribution in [0.5, 0.6) is 0 Å². The number of likely N-dealkylation sites (tertiary alicyclic amines) is 1. The Morgan fingerprint density at radius 3 is 2.75 bits per heavy atom. The van der Waals surface area contributed by atoms with E-state index in [-0.39, 0.29) is 24.4 Å². The Labute approximate surface area is 117 Å². The number of hydrogen-bond donors (Lipinski definition) is 3. The molecular weight excluding hydrogens is 260 g/mol. The Kier molecular flexibility index (Phi) is 3.37. The first kappa shape index (κ1) is 13.4. The maximum atomic E-state index is 12.5. The van der Waals surface area contributed by atoms with Crippen molar-refractivity contribution in [3.05, 3.63) is 0 Å². The summed E-state index contributed by atoms with van der Waals surface area (Å²) < 4.78 is 0. The molecule has 0 aromatic heterocycles. The van der Waals surface area contributed by atoms with Gasteiger partial charge < -0.3 is 15.5 Å². The number of carbonyl (C=O) groups is 3. The van der Waals surface area contributed by atoms with Gasteiger partial charge in [0.15, 0.2) is 0 Å². The summed E-state index contributed by atoms with van der Waals surface area (Å²) in [7, 11) is 0. The molecule has 0 radical (unpaired) electrons. The van der Waals surface area contributed by atoms with Gasteiger partial charge in [0.1, 0.15) is 5.54 Å². The molecule has 3 rings (SSSR count). The first-order chi connectivity index (χ1) is 9.61. The predicted molar refractivity (Wildman–Crippen MR) is 70.9 cm³/mol. The molecular formula is C13H20N4O3. The van der Waals surface area contributed by atoms with Gasteiger partial charge in [0, 0.05) is 6.54 Å². The van der Waals surface area contributed by atoms with E-state index in [1.807, 2.05) is 0 Å².